The van der Waals surface area contributed by atoms with Crippen LogP contribution in [-0.4, -0.2) is 53.8 Å². The van der Waals surface area contributed by atoms with Crippen LogP contribution in [-0.2, 0) is 16.0 Å². The molecule has 0 aromatic heterocycles. The summed E-state index contributed by atoms with van der Waals surface area (Å²) in [6.07, 6.45) is 3.88. The molecule has 2 fully saturated rings. The van der Waals surface area contributed by atoms with E-state index in [0.29, 0.717) is 25.6 Å². The van der Waals surface area contributed by atoms with Crippen molar-refractivity contribution in [3.8, 4) is 0 Å². The standard InChI is InChI=1S/C21H30FN3O2/c1-15-8-10-25(19(11-15)13-23)21(27)17-3-2-9-24(14-17)20(26)12-16-4-6-18(22)7-5-16/h4-7,15,17,19H,2-3,8-14,23H2,1H3. The van der Waals surface area contributed by atoms with Gasteiger partial charge in [0.1, 0.15) is 5.82 Å². The molecule has 2 saturated heterocycles. The van der Waals surface area contributed by atoms with Crippen molar-refractivity contribution in [1.29, 1.82) is 0 Å². The maximum absolute atomic E-state index is 13.1. The fourth-order valence-electron chi connectivity index (χ4n) is 4.29. The maximum atomic E-state index is 13.1. The van der Waals surface area contributed by atoms with Crippen molar-refractivity contribution in [2.24, 2.45) is 17.6 Å². The minimum Gasteiger partial charge on any atom is -0.342 e. The molecule has 1 aromatic carbocycles. The summed E-state index contributed by atoms with van der Waals surface area (Å²) in [4.78, 5) is 29.5. The van der Waals surface area contributed by atoms with E-state index in [1.807, 2.05) is 4.90 Å². The van der Waals surface area contributed by atoms with Crippen molar-refractivity contribution >= 4 is 11.8 Å². The predicted molar refractivity (Wildman–Crippen MR) is 102 cm³/mol. The first-order valence-electron chi connectivity index (χ1n) is 10.0. The molecule has 2 N–H and O–H groups in total. The largest absolute Gasteiger partial charge is 0.342 e. The number of halogens is 1. The Balaban J connectivity index is 1.60. The minimum atomic E-state index is -0.305. The Morgan fingerprint density at radius 2 is 1.93 bits per heavy atom. The molecule has 0 aliphatic carbocycles. The third-order valence-corrected chi connectivity index (χ3v) is 5.93. The van der Waals surface area contributed by atoms with Crippen LogP contribution in [0.15, 0.2) is 24.3 Å². The van der Waals surface area contributed by atoms with E-state index < -0.39 is 0 Å². The molecule has 148 valence electrons. The summed E-state index contributed by atoms with van der Waals surface area (Å²) in [5.41, 5.74) is 6.70. The van der Waals surface area contributed by atoms with Crippen molar-refractivity contribution in [3.05, 3.63) is 35.6 Å². The van der Waals surface area contributed by atoms with Gasteiger partial charge in [-0.3, -0.25) is 9.59 Å². The van der Waals surface area contributed by atoms with E-state index in [1.165, 1.54) is 12.1 Å². The van der Waals surface area contributed by atoms with E-state index in [2.05, 4.69) is 6.92 Å². The topological polar surface area (TPSA) is 66.6 Å². The molecule has 6 heteroatoms. The Labute approximate surface area is 160 Å². The molecular formula is C21H30FN3O2. The van der Waals surface area contributed by atoms with Crippen LogP contribution in [0.4, 0.5) is 4.39 Å². The minimum absolute atomic E-state index is 0.00162. The molecule has 0 radical (unpaired) electrons. The number of hydrogen-bond donors (Lipinski definition) is 1. The first-order chi connectivity index (χ1) is 13.0. The van der Waals surface area contributed by atoms with Gasteiger partial charge < -0.3 is 15.5 Å². The van der Waals surface area contributed by atoms with Gasteiger partial charge in [-0.25, -0.2) is 4.39 Å². The van der Waals surface area contributed by atoms with Crippen molar-refractivity contribution in [3.63, 3.8) is 0 Å². The average molecular weight is 375 g/mol. The number of carbonyl (C=O) groups is 2. The van der Waals surface area contributed by atoms with Crippen LogP contribution < -0.4 is 5.73 Å². The van der Waals surface area contributed by atoms with Gasteiger partial charge in [0.25, 0.3) is 0 Å². The second-order valence-electron chi connectivity index (χ2n) is 8.03. The Hall–Kier alpha value is -1.95. The molecule has 0 spiro atoms. The second kappa shape index (κ2) is 8.83. The summed E-state index contributed by atoms with van der Waals surface area (Å²) in [6, 6.07) is 6.14. The molecule has 2 aliphatic rings. The highest BCUT2D eigenvalue weighted by Crippen LogP contribution is 2.26. The average Bonchev–Trinajstić information content (AvgIpc) is 2.69. The quantitative estimate of drug-likeness (QED) is 0.877. The summed E-state index contributed by atoms with van der Waals surface area (Å²) < 4.78 is 13.0. The van der Waals surface area contributed by atoms with Gasteiger partial charge in [0.2, 0.25) is 11.8 Å². The molecule has 1 aromatic rings. The van der Waals surface area contributed by atoms with Crippen molar-refractivity contribution in [1.82, 2.24) is 9.80 Å². The zero-order valence-corrected chi connectivity index (χ0v) is 16.1. The number of rotatable bonds is 4. The van der Waals surface area contributed by atoms with E-state index in [0.717, 1.165) is 37.8 Å². The Morgan fingerprint density at radius 1 is 1.19 bits per heavy atom. The lowest BCUT2D eigenvalue weighted by atomic mass is 9.89. The van der Waals surface area contributed by atoms with Crippen LogP contribution in [0.5, 0.6) is 0 Å². The van der Waals surface area contributed by atoms with Gasteiger partial charge in [0.15, 0.2) is 0 Å². The van der Waals surface area contributed by atoms with E-state index >= 15 is 0 Å². The molecular weight excluding hydrogens is 345 g/mol. The molecule has 2 heterocycles. The molecule has 0 saturated carbocycles. The molecule has 3 rings (SSSR count). The molecule has 27 heavy (non-hydrogen) atoms. The van der Waals surface area contributed by atoms with Crippen LogP contribution >= 0.6 is 0 Å². The van der Waals surface area contributed by atoms with Crippen LogP contribution in [0.3, 0.4) is 0 Å². The third-order valence-electron chi connectivity index (χ3n) is 5.93. The summed E-state index contributed by atoms with van der Waals surface area (Å²) in [7, 11) is 0. The highest BCUT2D eigenvalue weighted by Gasteiger charge is 2.35. The van der Waals surface area contributed by atoms with Gasteiger partial charge in [0.05, 0.1) is 12.3 Å². The van der Waals surface area contributed by atoms with Crippen LogP contribution in [0.1, 0.15) is 38.2 Å². The number of hydrogen-bond acceptors (Lipinski definition) is 3. The summed E-state index contributed by atoms with van der Waals surface area (Å²) >= 11 is 0. The van der Waals surface area contributed by atoms with E-state index in [9.17, 15) is 14.0 Å². The molecule has 2 aliphatic heterocycles. The van der Waals surface area contributed by atoms with Gasteiger partial charge in [0, 0.05) is 32.2 Å². The molecule has 3 unspecified atom stereocenters. The fourth-order valence-corrected chi connectivity index (χ4v) is 4.29. The fraction of sp³-hybridized carbons (Fsp3) is 0.619. The summed E-state index contributed by atoms with van der Waals surface area (Å²) in [5, 5.41) is 0. The number of likely N-dealkylation sites (tertiary alicyclic amines) is 2. The Kier molecular flexibility index (Phi) is 6.47. The van der Waals surface area contributed by atoms with Crippen molar-refractivity contribution < 1.29 is 14.0 Å². The number of benzene rings is 1. The second-order valence-corrected chi connectivity index (χ2v) is 8.03. The third kappa shape index (κ3) is 4.86. The zero-order valence-electron chi connectivity index (χ0n) is 16.1. The van der Waals surface area contributed by atoms with Crippen LogP contribution in [0.2, 0.25) is 0 Å². The number of piperidine rings is 2. The monoisotopic (exact) mass is 375 g/mol. The molecule has 5 nitrogen and oxygen atoms in total. The first-order valence-corrected chi connectivity index (χ1v) is 10.0. The predicted octanol–water partition coefficient (Wildman–Crippen LogP) is 2.19. The highest BCUT2D eigenvalue weighted by molar-refractivity contribution is 5.82. The maximum Gasteiger partial charge on any atom is 0.227 e. The highest BCUT2D eigenvalue weighted by atomic mass is 19.1. The van der Waals surface area contributed by atoms with Gasteiger partial charge in [-0.2, -0.15) is 0 Å². The van der Waals surface area contributed by atoms with Gasteiger partial charge in [-0.1, -0.05) is 19.1 Å². The van der Waals surface area contributed by atoms with Gasteiger partial charge in [-0.05, 0) is 49.3 Å². The normalized spacial score (nSPS) is 26.1. The number of amides is 2. The smallest absolute Gasteiger partial charge is 0.227 e. The molecule has 3 atom stereocenters. The molecule has 2 amide bonds. The van der Waals surface area contributed by atoms with Crippen molar-refractivity contribution in [2.75, 3.05) is 26.2 Å². The van der Waals surface area contributed by atoms with Gasteiger partial charge >= 0.3 is 0 Å². The van der Waals surface area contributed by atoms with Crippen LogP contribution in [0.25, 0.3) is 0 Å². The Bertz CT molecular complexity index is 664. The summed E-state index contributed by atoms with van der Waals surface area (Å²) in [6.45, 7) is 4.63. The van der Waals surface area contributed by atoms with E-state index in [-0.39, 0.29) is 36.0 Å². The lowest BCUT2D eigenvalue weighted by molar-refractivity contribution is -0.143. The molecule has 0 bridgehead atoms. The van der Waals surface area contributed by atoms with Gasteiger partial charge in [-0.15, -0.1) is 0 Å². The number of carbonyl (C=O) groups excluding carboxylic acids is 2. The lowest BCUT2D eigenvalue weighted by Gasteiger charge is -2.41. The number of nitrogens with two attached hydrogens (primary N) is 1. The SMILES string of the molecule is CC1CCN(C(=O)C2CCCN(C(=O)Cc3ccc(F)cc3)C2)C(CN)C1. The lowest BCUT2D eigenvalue weighted by Crippen LogP contribution is -2.54. The van der Waals surface area contributed by atoms with Crippen LogP contribution in [0, 0.1) is 17.7 Å². The first kappa shape index (κ1) is 19.8. The van der Waals surface area contributed by atoms with E-state index in [1.54, 1.807) is 17.0 Å². The van der Waals surface area contributed by atoms with Crippen molar-refractivity contribution in [2.45, 2.75) is 45.1 Å². The summed E-state index contributed by atoms with van der Waals surface area (Å²) in [5.74, 6) is 0.305. The zero-order chi connectivity index (χ0) is 19.4. The van der Waals surface area contributed by atoms with E-state index in [4.69, 9.17) is 5.73 Å². The number of nitrogens with zero attached hydrogens (tertiary/aromatic N) is 2. The Morgan fingerprint density at radius 3 is 2.63 bits per heavy atom.